The number of methoxy groups -OCH3 is 1. The molecule has 1 aliphatic rings. The lowest BCUT2D eigenvalue weighted by Crippen LogP contribution is -2.30. The first-order valence-electron chi connectivity index (χ1n) is 6.75. The molecule has 1 saturated carbocycles. The van der Waals surface area contributed by atoms with Gasteiger partial charge in [-0.2, -0.15) is 0 Å². The minimum atomic E-state index is -0.210. The minimum absolute atomic E-state index is 0.210. The number of aliphatic hydroxyl groups excluding tert-OH is 1. The van der Waals surface area contributed by atoms with Gasteiger partial charge in [0.25, 0.3) is 0 Å². The minimum Gasteiger partial charge on any atom is -0.490 e. The van der Waals surface area contributed by atoms with E-state index in [-0.39, 0.29) is 12.0 Å². The summed E-state index contributed by atoms with van der Waals surface area (Å²) in [6.07, 6.45) is 5.55. The molecule has 106 valence electrons. The summed E-state index contributed by atoms with van der Waals surface area (Å²) in [6.45, 7) is 0.706. The van der Waals surface area contributed by atoms with Crippen molar-refractivity contribution in [2.24, 2.45) is 5.92 Å². The van der Waals surface area contributed by atoms with Crippen LogP contribution in [-0.4, -0.2) is 41.9 Å². The Kier molecular flexibility index (Phi) is 4.79. The molecule has 6 heteroatoms. The van der Waals surface area contributed by atoms with Crippen LogP contribution in [0, 0.1) is 5.92 Å². The highest BCUT2D eigenvalue weighted by atomic mass is 16.5. The molecule has 0 aromatic carbocycles. The fraction of sp³-hybridized carbons (Fsp3) is 0.692. The van der Waals surface area contributed by atoms with Crippen molar-refractivity contribution < 1.29 is 9.84 Å². The molecule has 0 amide bonds. The molecule has 0 spiro atoms. The maximum Gasteiger partial charge on any atom is 0.204 e. The van der Waals surface area contributed by atoms with E-state index in [1.807, 2.05) is 0 Å². The van der Waals surface area contributed by atoms with Crippen molar-refractivity contribution in [1.29, 1.82) is 0 Å². The van der Waals surface area contributed by atoms with Gasteiger partial charge in [0, 0.05) is 19.5 Å². The Balaban J connectivity index is 2.02. The molecule has 1 aliphatic carbocycles. The van der Waals surface area contributed by atoms with Crippen molar-refractivity contribution in [2.75, 3.05) is 31.3 Å². The molecule has 0 saturated heterocycles. The Morgan fingerprint density at radius 2 is 2.05 bits per heavy atom. The largest absolute Gasteiger partial charge is 0.490 e. The number of nitrogens with zero attached hydrogens (tertiary/aromatic N) is 2. The van der Waals surface area contributed by atoms with Crippen LogP contribution in [0.1, 0.15) is 25.7 Å². The van der Waals surface area contributed by atoms with Gasteiger partial charge in [0.15, 0.2) is 11.6 Å². The fourth-order valence-electron chi connectivity index (χ4n) is 2.53. The second-order valence-electron chi connectivity index (χ2n) is 4.85. The van der Waals surface area contributed by atoms with E-state index in [0.717, 1.165) is 19.3 Å². The van der Waals surface area contributed by atoms with E-state index in [4.69, 9.17) is 4.74 Å². The van der Waals surface area contributed by atoms with Gasteiger partial charge in [-0.25, -0.2) is 9.97 Å². The molecule has 0 bridgehead atoms. The van der Waals surface area contributed by atoms with Crippen LogP contribution < -0.4 is 15.4 Å². The van der Waals surface area contributed by atoms with Crippen LogP contribution in [0.15, 0.2) is 6.33 Å². The molecule has 6 nitrogen and oxygen atoms in total. The van der Waals surface area contributed by atoms with Crippen molar-refractivity contribution in [3.8, 4) is 5.75 Å². The van der Waals surface area contributed by atoms with Gasteiger partial charge >= 0.3 is 0 Å². The zero-order valence-electron chi connectivity index (χ0n) is 11.5. The van der Waals surface area contributed by atoms with Crippen molar-refractivity contribution >= 4 is 11.6 Å². The van der Waals surface area contributed by atoms with E-state index >= 15 is 0 Å². The lowest BCUT2D eigenvalue weighted by atomic mass is 9.86. The molecule has 1 heterocycles. The number of anilines is 2. The first kappa shape index (κ1) is 13.9. The van der Waals surface area contributed by atoms with Crippen LogP contribution in [0.25, 0.3) is 0 Å². The van der Waals surface area contributed by atoms with Gasteiger partial charge in [0.2, 0.25) is 5.75 Å². The first-order chi connectivity index (χ1) is 9.26. The Bertz CT molecular complexity index is 414. The summed E-state index contributed by atoms with van der Waals surface area (Å²) in [5.41, 5.74) is 0. The van der Waals surface area contributed by atoms with E-state index in [1.165, 1.54) is 12.7 Å². The van der Waals surface area contributed by atoms with Gasteiger partial charge in [-0.1, -0.05) is 12.8 Å². The van der Waals surface area contributed by atoms with Crippen molar-refractivity contribution in [1.82, 2.24) is 9.97 Å². The SMILES string of the molecule is CNc1ncnc(NCC2CCCCC2O)c1OC. The molecule has 1 fully saturated rings. The molecule has 19 heavy (non-hydrogen) atoms. The molecule has 0 aliphatic heterocycles. The van der Waals surface area contributed by atoms with E-state index in [2.05, 4.69) is 20.6 Å². The molecular weight excluding hydrogens is 244 g/mol. The Morgan fingerprint density at radius 1 is 1.32 bits per heavy atom. The summed E-state index contributed by atoms with van der Waals surface area (Å²) in [4.78, 5) is 8.30. The number of ether oxygens (including phenoxy) is 1. The predicted octanol–water partition coefficient (Wildman–Crippen LogP) is 1.49. The van der Waals surface area contributed by atoms with Crippen LogP contribution in [0.3, 0.4) is 0 Å². The van der Waals surface area contributed by atoms with Crippen LogP contribution in [-0.2, 0) is 0 Å². The van der Waals surface area contributed by atoms with E-state index in [0.29, 0.717) is 23.9 Å². The standard InChI is InChI=1S/C13H22N4O2/c1-14-12-11(19-2)13(17-8-16-12)15-7-9-5-3-4-6-10(9)18/h8-10,18H,3-7H2,1-2H3,(H2,14,15,16,17). The third kappa shape index (κ3) is 3.26. The zero-order chi connectivity index (χ0) is 13.7. The quantitative estimate of drug-likeness (QED) is 0.749. The topological polar surface area (TPSA) is 79.3 Å². The zero-order valence-corrected chi connectivity index (χ0v) is 11.5. The molecule has 3 N–H and O–H groups in total. The third-order valence-electron chi connectivity index (χ3n) is 3.65. The summed E-state index contributed by atoms with van der Waals surface area (Å²) < 4.78 is 5.32. The summed E-state index contributed by atoms with van der Waals surface area (Å²) in [6, 6.07) is 0. The third-order valence-corrected chi connectivity index (χ3v) is 3.65. The predicted molar refractivity (Wildman–Crippen MR) is 74.6 cm³/mol. The number of aromatic nitrogens is 2. The van der Waals surface area contributed by atoms with E-state index in [9.17, 15) is 5.11 Å². The fourth-order valence-corrected chi connectivity index (χ4v) is 2.53. The molecule has 2 rings (SSSR count). The molecule has 2 atom stereocenters. The maximum atomic E-state index is 9.96. The molecule has 1 aromatic rings. The van der Waals surface area contributed by atoms with Crippen LogP contribution >= 0.6 is 0 Å². The van der Waals surface area contributed by atoms with E-state index < -0.39 is 0 Å². The summed E-state index contributed by atoms with van der Waals surface area (Å²) >= 11 is 0. The van der Waals surface area contributed by atoms with Crippen LogP contribution in [0.2, 0.25) is 0 Å². The number of nitrogens with one attached hydrogen (secondary N) is 2. The molecule has 2 unspecified atom stereocenters. The lowest BCUT2D eigenvalue weighted by molar-refractivity contribution is 0.0762. The van der Waals surface area contributed by atoms with Crippen LogP contribution in [0.4, 0.5) is 11.6 Å². The second-order valence-corrected chi connectivity index (χ2v) is 4.85. The number of hydrogen-bond donors (Lipinski definition) is 3. The van der Waals surface area contributed by atoms with E-state index in [1.54, 1.807) is 14.2 Å². The monoisotopic (exact) mass is 266 g/mol. The van der Waals surface area contributed by atoms with Gasteiger partial charge in [-0.15, -0.1) is 0 Å². The summed E-state index contributed by atoms with van der Waals surface area (Å²) in [5, 5.41) is 16.2. The van der Waals surface area contributed by atoms with Gasteiger partial charge in [0.05, 0.1) is 13.2 Å². The van der Waals surface area contributed by atoms with Gasteiger partial charge in [-0.3, -0.25) is 0 Å². The van der Waals surface area contributed by atoms with Gasteiger partial charge < -0.3 is 20.5 Å². The molecule has 1 aromatic heterocycles. The number of rotatable bonds is 5. The lowest BCUT2D eigenvalue weighted by Gasteiger charge is -2.28. The van der Waals surface area contributed by atoms with Crippen molar-refractivity contribution in [3.63, 3.8) is 0 Å². The summed E-state index contributed by atoms with van der Waals surface area (Å²) in [7, 11) is 3.39. The Labute approximate surface area is 113 Å². The molecule has 0 radical (unpaired) electrons. The van der Waals surface area contributed by atoms with Crippen molar-refractivity contribution in [3.05, 3.63) is 6.33 Å². The van der Waals surface area contributed by atoms with Gasteiger partial charge in [-0.05, 0) is 12.8 Å². The summed E-state index contributed by atoms with van der Waals surface area (Å²) in [5.74, 6) is 2.21. The smallest absolute Gasteiger partial charge is 0.204 e. The van der Waals surface area contributed by atoms with Gasteiger partial charge in [0.1, 0.15) is 6.33 Å². The highest BCUT2D eigenvalue weighted by molar-refractivity contribution is 5.63. The van der Waals surface area contributed by atoms with Crippen LogP contribution in [0.5, 0.6) is 5.75 Å². The highest BCUT2D eigenvalue weighted by Crippen LogP contribution is 2.30. The Hall–Kier alpha value is -1.56. The number of hydrogen-bond acceptors (Lipinski definition) is 6. The highest BCUT2D eigenvalue weighted by Gasteiger charge is 2.23. The second kappa shape index (κ2) is 6.56. The Morgan fingerprint density at radius 3 is 2.74 bits per heavy atom. The average molecular weight is 266 g/mol. The first-order valence-corrected chi connectivity index (χ1v) is 6.75. The van der Waals surface area contributed by atoms with Crippen molar-refractivity contribution in [2.45, 2.75) is 31.8 Å². The maximum absolute atomic E-state index is 9.96. The average Bonchev–Trinajstić information content (AvgIpc) is 2.45. The molecular formula is C13H22N4O2. The normalized spacial score (nSPS) is 22.9. The number of aliphatic hydroxyl groups is 1.